The van der Waals surface area contributed by atoms with E-state index >= 15 is 0 Å². The van der Waals surface area contributed by atoms with Gasteiger partial charge in [0.05, 0.1) is 28.8 Å². The van der Waals surface area contributed by atoms with Crippen LogP contribution >= 0.6 is 0 Å². The van der Waals surface area contributed by atoms with Crippen molar-refractivity contribution in [2.24, 2.45) is 0 Å². The third-order valence-electron chi connectivity index (χ3n) is 7.63. The quantitative estimate of drug-likeness (QED) is 0.143. The lowest BCUT2D eigenvalue weighted by molar-refractivity contribution is -0.384. The summed E-state index contributed by atoms with van der Waals surface area (Å²) in [7, 11) is 1.44. The lowest BCUT2D eigenvalue weighted by Crippen LogP contribution is -2.19. The Balaban J connectivity index is 1.38. The Morgan fingerprint density at radius 1 is 0.957 bits per heavy atom. The van der Waals surface area contributed by atoms with E-state index in [0.29, 0.717) is 58.3 Å². The van der Waals surface area contributed by atoms with Gasteiger partial charge in [0.1, 0.15) is 22.8 Å². The molecular formula is C35H26F3N3O5. The minimum absolute atomic E-state index is 0.0462. The number of hydrogen-bond acceptors (Lipinski definition) is 6. The van der Waals surface area contributed by atoms with Gasteiger partial charge in [0, 0.05) is 29.3 Å². The molecule has 0 saturated heterocycles. The van der Waals surface area contributed by atoms with Crippen molar-refractivity contribution >= 4 is 39.8 Å². The van der Waals surface area contributed by atoms with Crippen molar-refractivity contribution in [3.8, 4) is 17.2 Å². The molecular weight excluding hydrogens is 599 g/mol. The second-order valence-corrected chi connectivity index (χ2v) is 10.7. The molecule has 232 valence electrons. The molecule has 0 fully saturated rings. The second kappa shape index (κ2) is 12.4. The normalized spacial score (nSPS) is 13.7. The van der Waals surface area contributed by atoms with E-state index in [-0.39, 0.29) is 17.1 Å². The topological polar surface area (TPSA) is 104 Å². The number of anilines is 1. The zero-order chi connectivity index (χ0) is 32.4. The Kier molecular flexibility index (Phi) is 8.14. The number of para-hydroxylation sites is 1. The smallest absolute Gasteiger partial charge is 0.420 e. The van der Waals surface area contributed by atoms with Crippen LogP contribution in [-0.2, 0) is 12.6 Å². The molecule has 6 rings (SSSR count). The summed E-state index contributed by atoms with van der Waals surface area (Å²) in [6.45, 7) is 0. The molecule has 0 radical (unpaired) electrons. The fourth-order valence-electron chi connectivity index (χ4n) is 5.57. The molecule has 0 saturated carbocycles. The number of nitro groups is 1. The maximum atomic E-state index is 14.2. The number of halogens is 3. The molecule has 0 aliphatic heterocycles. The summed E-state index contributed by atoms with van der Waals surface area (Å²) in [6, 6.07) is 22.9. The first-order chi connectivity index (χ1) is 22.1. The summed E-state index contributed by atoms with van der Waals surface area (Å²) in [4.78, 5) is 29.6. The molecule has 1 heterocycles. The van der Waals surface area contributed by atoms with Crippen LogP contribution in [0.2, 0.25) is 0 Å². The summed E-state index contributed by atoms with van der Waals surface area (Å²) >= 11 is 0. The van der Waals surface area contributed by atoms with Crippen LogP contribution in [0.5, 0.6) is 17.2 Å². The van der Waals surface area contributed by atoms with Crippen LogP contribution in [0.3, 0.4) is 0 Å². The van der Waals surface area contributed by atoms with Gasteiger partial charge in [-0.2, -0.15) is 13.2 Å². The van der Waals surface area contributed by atoms with Gasteiger partial charge in [0.2, 0.25) is 0 Å². The summed E-state index contributed by atoms with van der Waals surface area (Å²) < 4.78 is 53.3. The number of non-ortho nitro benzene ring substituents is 1. The Labute approximate surface area is 261 Å². The number of carbonyl (C=O) groups excluding carboxylic acids is 1. The van der Waals surface area contributed by atoms with Crippen LogP contribution in [0.1, 0.15) is 45.6 Å². The van der Waals surface area contributed by atoms with Crippen molar-refractivity contribution in [2.45, 2.75) is 25.4 Å². The molecule has 1 amide bonds. The molecule has 46 heavy (non-hydrogen) atoms. The minimum atomic E-state index is -4.77. The number of nitrogens with one attached hydrogen (secondary N) is 1. The highest BCUT2D eigenvalue weighted by Gasteiger charge is 2.35. The van der Waals surface area contributed by atoms with E-state index in [0.717, 1.165) is 17.7 Å². The zero-order valence-corrected chi connectivity index (χ0v) is 24.4. The van der Waals surface area contributed by atoms with Crippen molar-refractivity contribution in [1.29, 1.82) is 0 Å². The summed E-state index contributed by atoms with van der Waals surface area (Å²) in [6.07, 6.45) is -1.12. The Morgan fingerprint density at radius 2 is 1.74 bits per heavy atom. The second-order valence-electron chi connectivity index (χ2n) is 10.7. The first-order valence-electron chi connectivity index (χ1n) is 14.3. The average molecular weight is 626 g/mol. The van der Waals surface area contributed by atoms with Crippen molar-refractivity contribution in [3.63, 3.8) is 0 Å². The van der Waals surface area contributed by atoms with Crippen LogP contribution < -0.4 is 14.8 Å². The van der Waals surface area contributed by atoms with Gasteiger partial charge in [0.25, 0.3) is 11.6 Å². The third-order valence-corrected chi connectivity index (χ3v) is 7.63. The number of nitro benzene ring substituents is 1. The molecule has 4 aromatic carbocycles. The van der Waals surface area contributed by atoms with Gasteiger partial charge in [-0.1, -0.05) is 36.4 Å². The average Bonchev–Trinajstić information content (AvgIpc) is 3.04. The van der Waals surface area contributed by atoms with Gasteiger partial charge in [0.15, 0.2) is 0 Å². The lowest BCUT2D eigenvalue weighted by Gasteiger charge is -2.23. The molecule has 0 bridgehead atoms. The van der Waals surface area contributed by atoms with Gasteiger partial charge < -0.3 is 14.8 Å². The van der Waals surface area contributed by atoms with E-state index in [1.807, 2.05) is 6.08 Å². The highest BCUT2D eigenvalue weighted by molar-refractivity contribution is 6.14. The van der Waals surface area contributed by atoms with Gasteiger partial charge >= 0.3 is 6.18 Å². The zero-order valence-electron chi connectivity index (χ0n) is 24.4. The molecule has 1 N–H and O–H groups in total. The van der Waals surface area contributed by atoms with E-state index in [9.17, 15) is 28.1 Å². The third kappa shape index (κ3) is 6.25. The number of amides is 1. The lowest BCUT2D eigenvalue weighted by atomic mass is 9.85. The molecule has 0 unspecified atom stereocenters. The number of benzene rings is 4. The number of allylic oxidation sites excluding steroid dienone is 1. The van der Waals surface area contributed by atoms with E-state index in [1.165, 1.54) is 37.4 Å². The van der Waals surface area contributed by atoms with Gasteiger partial charge in [-0.05, 0) is 78.4 Å². The summed E-state index contributed by atoms with van der Waals surface area (Å²) in [5.74, 6) is -0.432. The van der Waals surface area contributed by atoms with Gasteiger partial charge in [-0.15, -0.1) is 0 Å². The predicted molar refractivity (Wildman–Crippen MR) is 168 cm³/mol. The molecule has 1 aromatic heterocycles. The Morgan fingerprint density at radius 3 is 2.52 bits per heavy atom. The van der Waals surface area contributed by atoms with Crippen molar-refractivity contribution in [3.05, 3.63) is 129 Å². The number of carbonyl (C=O) groups is 1. The number of ether oxygens (including phenoxy) is 2. The number of rotatable bonds is 7. The van der Waals surface area contributed by atoms with Crippen molar-refractivity contribution in [2.75, 3.05) is 12.4 Å². The van der Waals surface area contributed by atoms with E-state index in [1.54, 1.807) is 48.5 Å². The van der Waals surface area contributed by atoms with Crippen LogP contribution in [0.4, 0.5) is 24.5 Å². The Hall–Kier alpha value is -5.71. The maximum absolute atomic E-state index is 14.2. The van der Waals surface area contributed by atoms with Crippen LogP contribution in [0.25, 0.3) is 22.6 Å². The number of alkyl halides is 3. The maximum Gasteiger partial charge on any atom is 0.420 e. The number of aromatic nitrogens is 1. The number of methoxy groups -OCH3 is 1. The highest BCUT2D eigenvalue weighted by atomic mass is 19.4. The van der Waals surface area contributed by atoms with Crippen molar-refractivity contribution in [1.82, 2.24) is 4.98 Å². The largest absolute Gasteiger partial charge is 0.497 e. The predicted octanol–water partition coefficient (Wildman–Crippen LogP) is 9.09. The van der Waals surface area contributed by atoms with Gasteiger partial charge in [-0.25, -0.2) is 4.98 Å². The fraction of sp³-hybridized carbons (Fsp3) is 0.143. The first-order valence-corrected chi connectivity index (χ1v) is 14.3. The van der Waals surface area contributed by atoms with Crippen LogP contribution in [-0.4, -0.2) is 22.9 Å². The molecule has 1 aliphatic carbocycles. The molecule has 0 spiro atoms. The summed E-state index contributed by atoms with van der Waals surface area (Å²) in [5.41, 5.74) is 2.36. The molecule has 11 heteroatoms. The van der Waals surface area contributed by atoms with E-state index in [2.05, 4.69) is 5.32 Å². The number of hydrogen-bond donors (Lipinski definition) is 1. The molecule has 5 aromatic rings. The molecule has 0 atom stereocenters. The number of pyridine rings is 1. The summed E-state index contributed by atoms with van der Waals surface area (Å²) in [5, 5.41) is 14.5. The first kappa shape index (κ1) is 30.3. The van der Waals surface area contributed by atoms with Crippen molar-refractivity contribution < 1.29 is 32.4 Å². The van der Waals surface area contributed by atoms with E-state index < -0.39 is 28.3 Å². The molecule has 8 nitrogen and oxygen atoms in total. The number of nitrogens with zero attached hydrogens (tertiary/aromatic N) is 2. The fourth-order valence-corrected chi connectivity index (χ4v) is 5.57. The highest BCUT2D eigenvalue weighted by Crippen LogP contribution is 2.41. The SMILES string of the molecule is COc1cccc(Oc2ccc(NC(=O)c3c4c(nc5ccccc35)/C(=C/c3cccc([N+](=O)[O-])c3)CCC4)cc2C(F)(F)F)c1. The monoisotopic (exact) mass is 625 g/mol. The standard InChI is InChI=1S/C35H26F3N3O5/c1-45-25-10-6-11-26(20-25)46-31-16-15-23(19-29(31)35(36,37)38)39-34(42)32-27-12-2-3-14-30(27)40-33-22(8-5-13-28(32)33)17-21-7-4-9-24(18-21)41(43)44/h2-4,6-7,9-12,14-20H,5,8,13H2,1H3,(H,39,42)/b22-17+. The van der Waals surface area contributed by atoms with Crippen LogP contribution in [0, 0.1) is 10.1 Å². The minimum Gasteiger partial charge on any atom is -0.497 e. The van der Waals surface area contributed by atoms with Gasteiger partial charge in [-0.3, -0.25) is 14.9 Å². The number of fused-ring (bicyclic) bond motifs is 2. The van der Waals surface area contributed by atoms with Crippen LogP contribution in [0.15, 0.2) is 91.0 Å². The van der Waals surface area contributed by atoms with E-state index in [4.69, 9.17) is 14.5 Å². The Bertz CT molecular complexity index is 2020. The molecule has 1 aliphatic rings.